The van der Waals surface area contributed by atoms with Gasteiger partial charge in [-0.25, -0.2) is 0 Å². The molecule has 0 heterocycles. The summed E-state index contributed by atoms with van der Waals surface area (Å²) in [6, 6.07) is 9.01. The highest BCUT2D eigenvalue weighted by atomic mass is 35.5. The second kappa shape index (κ2) is 8.72. The van der Waals surface area contributed by atoms with E-state index in [1.165, 1.54) is 68.9 Å². The smallest absolute Gasteiger partial charge is 0.0585 e. The van der Waals surface area contributed by atoms with Crippen LogP contribution in [0.4, 0.5) is 0 Å². The van der Waals surface area contributed by atoms with Crippen LogP contribution >= 0.6 is 11.6 Å². The lowest BCUT2D eigenvalue weighted by Crippen LogP contribution is -2.07. The summed E-state index contributed by atoms with van der Waals surface area (Å²) in [6.07, 6.45) is 13.4. The molecule has 0 saturated heterocycles. The van der Waals surface area contributed by atoms with Gasteiger partial charge in [-0.15, -0.1) is 11.6 Å². The molecule has 0 nitrogen and oxygen atoms in total. The molecular formula is C19H29Cl. The summed E-state index contributed by atoms with van der Waals surface area (Å²) >= 11 is 6.58. The molecule has 1 unspecified atom stereocenters. The number of halogens is 1. The molecule has 112 valence electrons. The lowest BCUT2D eigenvalue weighted by molar-refractivity contribution is 0.331. The maximum atomic E-state index is 6.58. The lowest BCUT2D eigenvalue weighted by Gasteiger charge is -2.22. The minimum absolute atomic E-state index is 0.206. The van der Waals surface area contributed by atoms with Crippen LogP contribution in [0.2, 0.25) is 0 Å². The fourth-order valence-corrected chi connectivity index (χ4v) is 3.57. The second-order valence-corrected chi connectivity index (χ2v) is 6.92. The minimum Gasteiger partial charge on any atom is -0.118 e. The number of hydrogen-bond donors (Lipinski definition) is 0. The largest absolute Gasteiger partial charge is 0.118 e. The molecule has 0 radical (unpaired) electrons. The molecule has 1 aromatic rings. The van der Waals surface area contributed by atoms with E-state index in [4.69, 9.17) is 11.6 Å². The SMILES string of the molecule is CCCCc1ccc(C(Cl)CCC2CCCCC2)cc1. The van der Waals surface area contributed by atoms with Gasteiger partial charge in [-0.3, -0.25) is 0 Å². The van der Waals surface area contributed by atoms with Gasteiger partial charge < -0.3 is 0 Å². The molecule has 0 aliphatic heterocycles. The molecule has 0 bridgehead atoms. The summed E-state index contributed by atoms with van der Waals surface area (Å²) in [7, 11) is 0. The molecule has 0 spiro atoms. The Hall–Kier alpha value is -0.490. The number of rotatable bonds is 7. The fraction of sp³-hybridized carbons (Fsp3) is 0.684. The van der Waals surface area contributed by atoms with Crippen molar-refractivity contribution >= 4 is 11.6 Å². The zero-order valence-corrected chi connectivity index (χ0v) is 13.7. The molecule has 0 aromatic heterocycles. The first kappa shape index (κ1) is 15.9. The van der Waals surface area contributed by atoms with Gasteiger partial charge in [0.1, 0.15) is 0 Å². The standard InChI is InChI=1S/C19H29Cl/c1-2-3-7-17-10-13-18(14-11-17)19(20)15-12-16-8-5-4-6-9-16/h10-11,13-14,16,19H,2-9,12,15H2,1H3. The molecule has 1 fully saturated rings. The van der Waals surface area contributed by atoms with Crippen molar-refractivity contribution in [2.24, 2.45) is 5.92 Å². The maximum Gasteiger partial charge on any atom is 0.0585 e. The zero-order valence-electron chi connectivity index (χ0n) is 12.9. The third-order valence-corrected chi connectivity index (χ3v) is 5.18. The monoisotopic (exact) mass is 292 g/mol. The molecule has 0 amide bonds. The van der Waals surface area contributed by atoms with E-state index in [-0.39, 0.29) is 5.38 Å². The van der Waals surface area contributed by atoms with Crippen LogP contribution in [0.25, 0.3) is 0 Å². The highest BCUT2D eigenvalue weighted by Gasteiger charge is 2.16. The van der Waals surface area contributed by atoms with Gasteiger partial charge in [0.2, 0.25) is 0 Å². The van der Waals surface area contributed by atoms with E-state index in [9.17, 15) is 0 Å². The molecule has 1 aliphatic carbocycles. The van der Waals surface area contributed by atoms with Crippen molar-refractivity contribution in [3.8, 4) is 0 Å². The maximum absolute atomic E-state index is 6.58. The van der Waals surface area contributed by atoms with Gasteiger partial charge in [0.25, 0.3) is 0 Å². The predicted molar refractivity (Wildman–Crippen MR) is 89.5 cm³/mol. The summed E-state index contributed by atoms with van der Waals surface area (Å²) in [6.45, 7) is 2.24. The van der Waals surface area contributed by atoms with E-state index in [1.807, 2.05) is 0 Å². The van der Waals surface area contributed by atoms with Gasteiger partial charge >= 0.3 is 0 Å². The van der Waals surface area contributed by atoms with Crippen LogP contribution in [0.1, 0.15) is 81.2 Å². The van der Waals surface area contributed by atoms with E-state index < -0.39 is 0 Å². The molecule has 20 heavy (non-hydrogen) atoms. The van der Waals surface area contributed by atoms with Crippen LogP contribution in [0.15, 0.2) is 24.3 Å². The summed E-state index contributed by atoms with van der Waals surface area (Å²) in [5.74, 6) is 0.939. The Morgan fingerprint density at radius 3 is 2.45 bits per heavy atom. The van der Waals surface area contributed by atoms with Crippen LogP contribution in [-0.2, 0) is 6.42 Å². The third kappa shape index (κ3) is 5.13. The Balaban J connectivity index is 1.77. The quantitative estimate of drug-likeness (QED) is 0.492. The third-order valence-electron chi connectivity index (χ3n) is 4.71. The molecule has 1 saturated carbocycles. The van der Waals surface area contributed by atoms with Gasteiger partial charge in [-0.1, -0.05) is 69.7 Å². The highest BCUT2D eigenvalue weighted by Crippen LogP contribution is 2.33. The van der Waals surface area contributed by atoms with Crippen LogP contribution in [0, 0.1) is 5.92 Å². The summed E-state index contributed by atoms with van der Waals surface area (Å²) in [5, 5.41) is 0.206. The number of unbranched alkanes of at least 4 members (excludes halogenated alkanes) is 1. The van der Waals surface area contributed by atoms with E-state index in [0.717, 1.165) is 12.3 Å². The average molecular weight is 293 g/mol. The molecular weight excluding hydrogens is 264 g/mol. The van der Waals surface area contributed by atoms with Crippen molar-refractivity contribution in [1.82, 2.24) is 0 Å². The summed E-state index contributed by atoms with van der Waals surface area (Å²) in [4.78, 5) is 0. The van der Waals surface area contributed by atoms with Gasteiger partial charge in [0.05, 0.1) is 5.38 Å². The first-order valence-electron chi connectivity index (χ1n) is 8.52. The summed E-state index contributed by atoms with van der Waals surface area (Å²) in [5.41, 5.74) is 2.76. The second-order valence-electron chi connectivity index (χ2n) is 6.39. The lowest BCUT2D eigenvalue weighted by atomic mass is 9.85. The van der Waals surface area contributed by atoms with E-state index >= 15 is 0 Å². The first-order chi connectivity index (χ1) is 9.79. The van der Waals surface area contributed by atoms with Crippen LogP contribution in [0.5, 0.6) is 0 Å². The molecule has 0 N–H and O–H groups in total. The average Bonchev–Trinajstić information content (AvgIpc) is 2.52. The number of alkyl halides is 1. The van der Waals surface area contributed by atoms with E-state index in [2.05, 4.69) is 31.2 Å². The number of aryl methyl sites for hydroxylation is 1. The van der Waals surface area contributed by atoms with Gasteiger partial charge in [0, 0.05) is 0 Å². The van der Waals surface area contributed by atoms with Crippen LogP contribution < -0.4 is 0 Å². The Morgan fingerprint density at radius 2 is 1.80 bits per heavy atom. The van der Waals surface area contributed by atoms with Crippen molar-refractivity contribution in [3.63, 3.8) is 0 Å². The molecule has 1 aliphatic rings. The van der Waals surface area contributed by atoms with Crippen LogP contribution in [0.3, 0.4) is 0 Å². The normalized spacial score (nSPS) is 18.1. The Morgan fingerprint density at radius 1 is 1.10 bits per heavy atom. The molecule has 2 rings (SSSR count). The van der Waals surface area contributed by atoms with Gasteiger partial charge in [-0.2, -0.15) is 0 Å². The predicted octanol–water partition coefficient (Wildman–Crippen LogP) is 6.67. The topological polar surface area (TPSA) is 0 Å². The summed E-state index contributed by atoms with van der Waals surface area (Å²) < 4.78 is 0. The Bertz CT molecular complexity index is 362. The number of hydrogen-bond acceptors (Lipinski definition) is 0. The van der Waals surface area contributed by atoms with Crippen molar-refractivity contribution in [1.29, 1.82) is 0 Å². The van der Waals surface area contributed by atoms with E-state index in [1.54, 1.807) is 0 Å². The first-order valence-corrected chi connectivity index (χ1v) is 8.96. The van der Waals surface area contributed by atoms with Crippen molar-refractivity contribution < 1.29 is 0 Å². The van der Waals surface area contributed by atoms with E-state index in [0.29, 0.717) is 0 Å². The van der Waals surface area contributed by atoms with Crippen molar-refractivity contribution in [2.75, 3.05) is 0 Å². The highest BCUT2D eigenvalue weighted by molar-refractivity contribution is 6.20. The Kier molecular flexibility index (Phi) is 6.93. The van der Waals surface area contributed by atoms with Crippen molar-refractivity contribution in [3.05, 3.63) is 35.4 Å². The molecule has 1 aromatic carbocycles. The van der Waals surface area contributed by atoms with Crippen molar-refractivity contribution in [2.45, 2.75) is 76.5 Å². The molecule has 1 heteroatoms. The van der Waals surface area contributed by atoms with Crippen LogP contribution in [-0.4, -0.2) is 0 Å². The minimum atomic E-state index is 0.206. The van der Waals surface area contributed by atoms with Gasteiger partial charge in [-0.05, 0) is 42.7 Å². The number of benzene rings is 1. The van der Waals surface area contributed by atoms with Gasteiger partial charge in [0.15, 0.2) is 0 Å². The zero-order chi connectivity index (χ0) is 14.2. The Labute approximate surface area is 129 Å². The molecule has 1 atom stereocenters. The fourth-order valence-electron chi connectivity index (χ4n) is 3.30.